The maximum atomic E-state index is 6.65. The second-order valence-corrected chi connectivity index (χ2v) is 21.3. The molecule has 0 radical (unpaired) electrons. The molecule has 3 nitrogen and oxygen atoms in total. The minimum absolute atomic E-state index is 0.329. The zero-order chi connectivity index (χ0) is 17.7. The van der Waals surface area contributed by atoms with Crippen LogP contribution in [-0.2, 0) is 9.47 Å². The Labute approximate surface area is 155 Å². The Hall–Kier alpha value is 0.679. The van der Waals surface area contributed by atoms with Crippen molar-refractivity contribution in [3.05, 3.63) is 0 Å². The predicted molar refractivity (Wildman–Crippen MR) is 107 cm³/mol. The molecule has 1 aliphatic heterocycles. The molecule has 0 N–H and O–H groups in total. The summed E-state index contributed by atoms with van der Waals surface area (Å²) < 4.78 is 18.0. The van der Waals surface area contributed by atoms with Crippen LogP contribution in [0.1, 0.15) is 72.6 Å². The maximum absolute atomic E-state index is 6.65. The van der Waals surface area contributed by atoms with Crippen LogP contribution >= 0.6 is 0 Å². The SMILES string of the molecule is CCC[CH2][Sn]([CH2]CCC)([CH2]CCC)[CH2]OC(CC)N1CCOCC1. The Morgan fingerprint density at radius 3 is 1.79 bits per heavy atom. The summed E-state index contributed by atoms with van der Waals surface area (Å²) in [6, 6.07) is 0. The number of morpholine rings is 1. The van der Waals surface area contributed by atoms with Crippen LogP contribution < -0.4 is 0 Å². The van der Waals surface area contributed by atoms with E-state index in [0.717, 1.165) is 37.3 Å². The molecule has 0 bridgehead atoms. The van der Waals surface area contributed by atoms with E-state index >= 15 is 0 Å². The van der Waals surface area contributed by atoms with Gasteiger partial charge in [-0.15, -0.1) is 0 Å². The number of hydrogen-bond donors (Lipinski definition) is 0. The van der Waals surface area contributed by atoms with Crippen molar-refractivity contribution in [2.24, 2.45) is 0 Å². The van der Waals surface area contributed by atoms with Crippen molar-refractivity contribution < 1.29 is 9.47 Å². The summed E-state index contributed by atoms with van der Waals surface area (Å²) in [6.07, 6.45) is 9.77. The first-order valence-corrected chi connectivity index (χ1v) is 18.7. The Morgan fingerprint density at radius 1 is 0.875 bits per heavy atom. The summed E-state index contributed by atoms with van der Waals surface area (Å²) in [4.78, 5) is 2.51. The van der Waals surface area contributed by atoms with Crippen LogP contribution in [0.25, 0.3) is 0 Å². The molecule has 1 rings (SSSR count). The van der Waals surface area contributed by atoms with E-state index in [9.17, 15) is 0 Å². The minimum atomic E-state index is -2.14. The monoisotopic (exact) mass is 449 g/mol. The van der Waals surface area contributed by atoms with Gasteiger partial charge in [0.25, 0.3) is 0 Å². The van der Waals surface area contributed by atoms with Crippen molar-refractivity contribution in [2.75, 3.05) is 30.9 Å². The Bertz CT molecular complexity index is 274. The van der Waals surface area contributed by atoms with Crippen molar-refractivity contribution in [3.8, 4) is 0 Å². The van der Waals surface area contributed by atoms with E-state index in [0.29, 0.717) is 6.23 Å². The first kappa shape index (κ1) is 22.7. The average molecular weight is 448 g/mol. The first-order chi connectivity index (χ1) is 11.7. The molecule has 0 saturated carbocycles. The van der Waals surface area contributed by atoms with Crippen LogP contribution in [0.15, 0.2) is 0 Å². The van der Waals surface area contributed by atoms with Crippen molar-refractivity contribution >= 4 is 18.4 Å². The molecule has 0 aliphatic carbocycles. The molecule has 0 aromatic carbocycles. The number of nitrogens with zero attached hydrogens (tertiary/aromatic N) is 1. The molecule has 1 heterocycles. The van der Waals surface area contributed by atoms with Gasteiger partial charge in [-0.05, 0) is 0 Å². The van der Waals surface area contributed by atoms with Gasteiger partial charge >= 0.3 is 156 Å². The van der Waals surface area contributed by atoms with Gasteiger partial charge in [-0.2, -0.15) is 0 Å². The average Bonchev–Trinajstić information content (AvgIpc) is 2.64. The van der Waals surface area contributed by atoms with E-state index in [-0.39, 0.29) is 0 Å². The number of hydrogen-bond acceptors (Lipinski definition) is 3. The standard InChI is InChI=1S/C8H16NO2.3C4H9.Sn/c1-3-8(10-2)9-4-6-11-7-5-9;3*1-3-4-2;/h8H,2-7H2,1H3;3*1,3-4H2,2H3;. The van der Waals surface area contributed by atoms with Gasteiger partial charge in [0.05, 0.1) is 0 Å². The number of rotatable bonds is 14. The quantitative estimate of drug-likeness (QED) is 0.330. The fourth-order valence-electron chi connectivity index (χ4n) is 3.87. The van der Waals surface area contributed by atoms with Crippen LogP contribution in [0.4, 0.5) is 0 Å². The molecular formula is C20H43NO2Sn. The van der Waals surface area contributed by atoms with E-state index in [1.54, 1.807) is 13.3 Å². The van der Waals surface area contributed by atoms with Crippen LogP contribution in [-0.4, -0.2) is 60.4 Å². The molecule has 1 saturated heterocycles. The van der Waals surface area contributed by atoms with E-state index in [1.807, 2.05) is 0 Å². The van der Waals surface area contributed by atoms with Crippen molar-refractivity contribution in [1.29, 1.82) is 0 Å². The van der Waals surface area contributed by atoms with Crippen LogP contribution in [0, 0.1) is 0 Å². The molecule has 0 amide bonds. The van der Waals surface area contributed by atoms with E-state index in [2.05, 4.69) is 32.6 Å². The summed E-state index contributed by atoms with van der Waals surface area (Å²) >= 11 is -2.14. The van der Waals surface area contributed by atoms with Crippen molar-refractivity contribution in [3.63, 3.8) is 0 Å². The third-order valence-electron chi connectivity index (χ3n) is 5.57. The number of unbranched alkanes of at least 4 members (excludes halogenated alkanes) is 3. The topological polar surface area (TPSA) is 21.7 Å². The third-order valence-corrected chi connectivity index (χ3v) is 19.9. The second kappa shape index (κ2) is 13.8. The Kier molecular flexibility index (Phi) is 13.1. The molecule has 1 fully saturated rings. The molecule has 1 aliphatic rings. The van der Waals surface area contributed by atoms with Crippen molar-refractivity contribution in [1.82, 2.24) is 4.90 Å². The van der Waals surface area contributed by atoms with Gasteiger partial charge in [0, 0.05) is 0 Å². The van der Waals surface area contributed by atoms with Gasteiger partial charge < -0.3 is 0 Å². The van der Waals surface area contributed by atoms with Crippen LogP contribution in [0.5, 0.6) is 0 Å². The second-order valence-electron chi connectivity index (χ2n) is 7.63. The summed E-state index contributed by atoms with van der Waals surface area (Å²) in [5.41, 5.74) is 0. The Balaban J connectivity index is 2.67. The molecule has 1 unspecified atom stereocenters. The summed E-state index contributed by atoms with van der Waals surface area (Å²) in [6.45, 7) is 13.1. The van der Waals surface area contributed by atoms with Gasteiger partial charge in [0.1, 0.15) is 0 Å². The van der Waals surface area contributed by atoms with Gasteiger partial charge in [-0.25, -0.2) is 0 Å². The molecule has 0 aromatic heterocycles. The fraction of sp³-hybridized carbons (Fsp3) is 1.00. The zero-order valence-electron chi connectivity index (χ0n) is 16.9. The molecule has 4 heteroatoms. The molecular weight excluding hydrogens is 405 g/mol. The normalized spacial score (nSPS) is 18.0. The van der Waals surface area contributed by atoms with Gasteiger partial charge in [-0.3, -0.25) is 0 Å². The third kappa shape index (κ3) is 8.37. The molecule has 144 valence electrons. The van der Waals surface area contributed by atoms with Gasteiger partial charge in [0.2, 0.25) is 0 Å². The molecule has 0 aromatic rings. The molecule has 24 heavy (non-hydrogen) atoms. The summed E-state index contributed by atoms with van der Waals surface area (Å²) in [7, 11) is 0. The zero-order valence-corrected chi connectivity index (χ0v) is 19.8. The van der Waals surface area contributed by atoms with Crippen molar-refractivity contribution in [2.45, 2.75) is 92.2 Å². The first-order valence-electron chi connectivity index (χ1n) is 10.6. The van der Waals surface area contributed by atoms with Crippen LogP contribution in [0.3, 0.4) is 0 Å². The summed E-state index contributed by atoms with van der Waals surface area (Å²) in [5, 5.41) is 0. The number of ether oxygens (including phenoxy) is 2. The van der Waals surface area contributed by atoms with E-state index < -0.39 is 18.4 Å². The van der Waals surface area contributed by atoms with E-state index in [1.165, 1.54) is 38.5 Å². The molecule has 1 atom stereocenters. The predicted octanol–water partition coefficient (Wildman–Crippen LogP) is 5.46. The molecule has 0 spiro atoms. The van der Waals surface area contributed by atoms with E-state index in [4.69, 9.17) is 9.47 Å². The Morgan fingerprint density at radius 2 is 1.38 bits per heavy atom. The van der Waals surface area contributed by atoms with Crippen LogP contribution in [0.2, 0.25) is 13.3 Å². The summed E-state index contributed by atoms with van der Waals surface area (Å²) in [5.74, 6) is 0. The van der Waals surface area contributed by atoms with Gasteiger partial charge in [0.15, 0.2) is 0 Å². The van der Waals surface area contributed by atoms with Gasteiger partial charge in [-0.1, -0.05) is 0 Å². The fourth-order valence-corrected chi connectivity index (χ4v) is 18.3.